The van der Waals surface area contributed by atoms with Gasteiger partial charge >= 0.3 is 0 Å². The van der Waals surface area contributed by atoms with Crippen LogP contribution in [0, 0.1) is 0 Å². The Labute approximate surface area is 54.4 Å². The largest absolute Gasteiger partial charge is 0.304 e. The number of carbonyl (C=O) groups is 1. The molecule has 0 spiro atoms. The van der Waals surface area contributed by atoms with Crippen molar-refractivity contribution >= 4 is 12.2 Å². The quantitative estimate of drug-likeness (QED) is 0.458. The molecule has 0 atom stereocenters. The molecule has 50 valence electrons. The van der Waals surface area contributed by atoms with Crippen molar-refractivity contribution in [3.8, 4) is 0 Å². The van der Waals surface area contributed by atoms with Gasteiger partial charge in [-0.05, 0) is 13.8 Å². The van der Waals surface area contributed by atoms with Crippen LogP contribution in [-0.2, 0) is 4.79 Å². The standard InChI is InChI=1S/C6H10N2O/c1-6(2)5(9)8(3)4-7-6/h4H,1-3H3. The third kappa shape index (κ3) is 0.823. The molecule has 1 aliphatic rings. The summed E-state index contributed by atoms with van der Waals surface area (Å²) in [7, 11) is 1.71. The van der Waals surface area contributed by atoms with E-state index in [0.29, 0.717) is 0 Å². The van der Waals surface area contributed by atoms with Crippen LogP contribution >= 0.6 is 0 Å². The monoisotopic (exact) mass is 126 g/mol. The van der Waals surface area contributed by atoms with Crippen LogP contribution in [-0.4, -0.2) is 29.7 Å². The minimum atomic E-state index is -0.519. The number of likely N-dealkylation sites (N-methyl/N-ethyl adjacent to an activating group) is 1. The first kappa shape index (κ1) is 6.26. The predicted octanol–water partition coefficient (Wildman–Crippen LogP) is 0.265. The highest BCUT2D eigenvalue weighted by molar-refractivity contribution is 5.98. The average Bonchev–Trinajstić information content (AvgIpc) is 1.97. The Morgan fingerprint density at radius 3 is 2.33 bits per heavy atom. The summed E-state index contributed by atoms with van der Waals surface area (Å²) in [4.78, 5) is 16.5. The molecule has 0 unspecified atom stereocenters. The molecule has 1 amide bonds. The van der Waals surface area contributed by atoms with Gasteiger partial charge in [0.1, 0.15) is 5.54 Å². The van der Waals surface area contributed by atoms with Gasteiger partial charge in [-0.1, -0.05) is 0 Å². The molecule has 0 aromatic carbocycles. The molecule has 3 nitrogen and oxygen atoms in total. The van der Waals surface area contributed by atoms with E-state index in [0.717, 1.165) is 0 Å². The molecule has 1 aliphatic heterocycles. The zero-order chi connectivity index (χ0) is 7.07. The molecule has 0 saturated carbocycles. The fourth-order valence-electron chi connectivity index (χ4n) is 0.770. The van der Waals surface area contributed by atoms with E-state index in [1.807, 2.05) is 0 Å². The van der Waals surface area contributed by atoms with Crippen molar-refractivity contribution < 1.29 is 4.79 Å². The Kier molecular flexibility index (Phi) is 1.08. The Morgan fingerprint density at radius 2 is 2.22 bits per heavy atom. The highest BCUT2D eigenvalue weighted by Crippen LogP contribution is 2.15. The number of carbonyl (C=O) groups excluding carboxylic acids is 1. The average molecular weight is 126 g/mol. The topological polar surface area (TPSA) is 32.7 Å². The van der Waals surface area contributed by atoms with Gasteiger partial charge in [-0.15, -0.1) is 0 Å². The number of amides is 1. The second-order valence-electron chi connectivity index (χ2n) is 2.72. The lowest BCUT2D eigenvalue weighted by atomic mass is 10.1. The third-order valence-electron chi connectivity index (χ3n) is 1.40. The minimum absolute atomic E-state index is 0.0579. The molecule has 0 aromatic heterocycles. The van der Waals surface area contributed by atoms with Crippen LogP contribution in [0.3, 0.4) is 0 Å². The SMILES string of the molecule is CN1C=NC(C)(C)C1=O. The molecule has 0 aromatic rings. The van der Waals surface area contributed by atoms with Crippen molar-refractivity contribution in [3.63, 3.8) is 0 Å². The van der Waals surface area contributed by atoms with Gasteiger partial charge in [-0.3, -0.25) is 9.79 Å². The molecular formula is C6H10N2O. The summed E-state index contributed by atoms with van der Waals surface area (Å²) >= 11 is 0. The number of nitrogens with zero attached hydrogens (tertiary/aromatic N) is 2. The minimum Gasteiger partial charge on any atom is -0.304 e. The Hall–Kier alpha value is -0.860. The van der Waals surface area contributed by atoms with Gasteiger partial charge in [-0.2, -0.15) is 0 Å². The summed E-state index contributed by atoms with van der Waals surface area (Å²) in [5.74, 6) is 0.0579. The molecule has 0 fully saturated rings. The number of hydrogen-bond acceptors (Lipinski definition) is 2. The normalized spacial score (nSPS) is 23.4. The number of hydrogen-bond donors (Lipinski definition) is 0. The van der Waals surface area contributed by atoms with E-state index < -0.39 is 5.54 Å². The molecule has 0 radical (unpaired) electrons. The maximum atomic E-state index is 11.0. The van der Waals surface area contributed by atoms with Crippen LogP contribution in [0.15, 0.2) is 4.99 Å². The van der Waals surface area contributed by atoms with Crippen LogP contribution in [0.5, 0.6) is 0 Å². The lowest BCUT2D eigenvalue weighted by molar-refractivity contribution is -0.129. The summed E-state index contributed by atoms with van der Waals surface area (Å²) < 4.78 is 0. The summed E-state index contributed by atoms with van der Waals surface area (Å²) in [6.07, 6.45) is 1.56. The molecule has 0 bridgehead atoms. The van der Waals surface area contributed by atoms with Gasteiger partial charge in [0.2, 0.25) is 0 Å². The van der Waals surface area contributed by atoms with Crippen molar-refractivity contribution in [2.75, 3.05) is 7.05 Å². The van der Waals surface area contributed by atoms with Gasteiger partial charge < -0.3 is 4.90 Å². The fraction of sp³-hybridized carbons (Fsp3) is 0.667. The summed E-state index contributed by atoms with van der Waals surface area (Å²) in [5.41, 5.74) is -0.519. The van der Waals surface area contributed by atoms with Crippen LogP contribution in [0.25, 0.3) is 0 Å². The van der Waals surface area contributed by atoms with E-state index in [9.17, 15) is 4.79 Å². The van der Waals surface area contributed by atoms with Crippen LogP contribution in [0.1, 0.15) is 13.8 Å². The molecule has 0 N–H and O–H groups in total. The number of rotatable bonds is 0. The van der Waals surface area contributed by atoms with Gasteiger partial charge in [0.15, 0.2) is 0 Å². The van der Waals surface area contributed by atoms with E-state index in [4.69, 9.17) is 0 Å². The molecule has 9 heavy (non-hydrogen) atoms. The Balaban J connectivity index is 2.86. The Bertz CT molecular complexity index is 172. The highest BCUT2D eigenvalue weighted by atomic mass is 16.2. The van der Waals surface area contributed by atoms with Gasteiger partial charge in [0.05, 0.1) is 6.34 Å². The van der Waals surface area contributed by atoms with Crippen LogP contribution < -0.4 is 0 Å². The van der Waals surface area contributed by atoms with E-state index in [-0.39, 0.29) is 5.91 Å². The smallest absolute Gasteiger partial charge is 0.254 e. The third-order valence-corrected chi connectivity index (χ3v) is 1.40. The van der Waals surface area contributed by atoms with Crippen molar-refractivity contribution in [2.45, 2.75) is 19.4 Å². The predicted molar refractivity (Wildman–Crippen MR) is 35.3 cm³/mol. The van der Waals surface area contributed by atoms with Crippen molar-refractivity contribution in [3.05, 3.63) is 0 Å². The van der Waals surface area contributed by atoms with Gasteiger partial charge in [0, 0.05) is 7.05 Å². The molecular weight excluding hydrogens is 116 g/mol. The van der Waals surface area contributed by atoms with Gasteiger partial charge in [-0.25, -0.2) is 0 Å². The summed E-state index contributed by atoms with van der Waals surface area (Å²) in [6.45, 7) is 3.60. The zero-order valence-corrected chi connectivity index (χ0v) is 5.88. The molecule has 1 heterocycles. The van der Waals surface area contributed by atoms with Crippen molar-refractivity contribution in [1.82, 2.24) is 4.90 Å². The maximum Gasteiger partial charge on any atom is 0.254 e. The lowest BCUT2D eigenvalue weighted by Gasteiger charge is -2.12. The van der Waals surface area contributed by atoms with E-state index in [1.165, 1.54) is 4.90 Å². The second-order valence-corrected chi connectivity index (χ2v) is 2.72. The molecule has 0 saturated heterocycles. The zero-order valence-electron chi connectivity index (χ0n) is 5.88. The fourth-order valence-corrected chi connectivity index (χ4v) is 0.770. The summed E-state index contributed by atoms with van der Waals surface area (Å²) in [5, 5.41) is 0. The molecule has 1 rings (SSSR count). The molecule has 3 heteroatoms. The highest BCUT2D eigenvalue weighted by Gasteiger charge is 2.33. The first-order chi connectivity index (χ1) is 4.04. The van der Waals surface area contributed by atoms with E-state index in [2.05, 4.69) is 4.99 Å². The van der Waals surface area contributed by atoms with Crippen LogP contribution in [0.4, 0.5) is 0 Å². The Morgan fingerprint density at radius 1 is 1.67 bits per heavy atom. The van der Waals surface area contributed by atoms with Crippen molar-refractivity contribution in [2.24, 2.45) is 4.99 Å². The molecule has 0 aliphatic carbocycles. The van der Waals surface area contributed by atoms with Crippen molar-refractivity contribution in [1.29, 1.82) is 0 Å². The van der Waals surface area contributed by atoms with E-state index >= 15 is 0 Å². The number of aliphatic imine (C=N–C) groups is 1. The maximum absolute atomic E-state index is 11.0. The lowest BCUT2D eigenvalue weighted by Crippen LogP contribution is -2.33. The van der Waals surface area contributed by atoms with Gasteiger partial charge in [0.25, 0.3) is 5.91 Å². The first-order valence-electron chi connectivity index (χ1n) is 2.86. The second kappa shape index (κ2) is 1.56. The van der Waals surface area contributed by atoms with E-state index in [1.54, 1.807) is 27.2 Å². The first-order valence-corrected chi connectivity index (χ1v) is 2.86. The summed E-state index contributed by atoms with van der Waals surface area (Å²) in [6, 6.07) is 0. The van der Waals surface area contributed by atoms with Crippen LogP contribution in [0.2, 0.25) is 0 Å².